The third-order valence-corrected chi connectivity index (χ3v) is 3.70. The summed E-state index contributed by atoms with van der Waals surface area (Å²) >= 11 is 0. The molecule has 0 heterocycles. The molecule has 0 saturated heterocycles. The highest BCUT2D eigenvalue weighted by molar-refractivity contribution is 5.97. The van der Waals surface area contributed by atoms with Gasteiger partial charge in [0, 0.05) is 37.2 Å². The number of rotatable bonds is 9. The van der Waals surface area contributed by atoms with Crippen LogP contribution in [0.1, 0.15) is 25.8 Å². The number of anilines is 2. The van der Waals surface area contributed by atoms with E-state index in [2.05, 4.69) is 29.4 Å². The van der Waals surface area contributed by atoms with Crippen molar-refractivity contribution >= 4 is 23.3 Å². The normalized spacial score (nSPS) is 10.7. The molecule has 7 nitrogen and oxygen atoms in total. The van der Waals surface area contributed by atoms with E-state index in [0.717, 1.165) is 30.0 Å². The number of benzene rings is 1. The van der Waals surface area contributed by atoms with Crippen molar-refractivity contribution < 1.29 is 14.7 Å². The predicted molar refractivity (Wildman–Crippen MR) is 97.3 cm³/mol. The fraction of sp³-hybridized carbons (Fsp3) is 0.389. The SMILES string of the molecule is CCN(CC)c1ccc(N/C=C(/C#N)C(=O)NCCC(=O)O)c(C)c1. The molecule has 7 heteroatoms. The van der Waals surface area contributed by atoms with Crippen molar-refractivity contribution in [3.05, 3.63) is 35.5 Å². The van der Waals surface area contributed by atoms with Crippen molar-refractivity contribution in [3.8, 4) is 6.07 Å². The van der Waals surface area contributed by atoms with Gasteiger partial charge in [-0.05, 0) is 44.5 Å². The molecule has 0 bridgehead atoms. The van der Waals surface area contributed by atoms with Crippen LogP contribution in [0.5, 0.6) is 0 Å². The number of nitrogens with one attached hydrogen (secondary N) is 2. The van der Waals surface area contributed by atoms with Crippen molar-refractivity contribution in [2.45, 2.75) is 27.2 Å². The van der Waals surface area contributed by atoms with Crippen molar-refractivity contribution in [2.24, 2.45) is 0 Å². The minimum atomic E-state index is -1.01. The van der Waals surface area contributed by atoms with E-state index in [1.165, 1.54) is 6.20 Å². The second-order valence-electron chi connectivity index (χ2n) is 5.39. The van der Waals surface area contributed by atoms with E-state index < -0.39 is 11.9 Å². The first-order valence-corrected chi connectivity index (χ1v) is 8.15. The zero-order chi connectivity index (χ0) is 18.8. The number of carboxylic acid groups (broad SMARTS) is 1. The van der Waals surface area contributed by atoms with Gasteiger partial charge >= 0.3 is 5.97 Å². The van der Waals surface area contributed by atoms with E-state index in [1.807, 2.05) is 31.2 Å². The lowest BCUT2D eigenvalue weighted by Crippen LogP contribution is -2.27. The zero-order valence-corrected chi connectivity index (χ0v) is 14.8. The Morgan fingerprint density at radius 2 is 2.00 bits per heavy atom. The largest absolute Gasteiger partial charge is 0.481 e. The van der Waals surface area contributed by atoms with Gasteiger partial charge in [-0.15, -0.1) is 0 Å². The van der Waals surface area contributed by atoms with Gasteiger partial charge in [0.25, 0.3) is 5.91 Å². The molecule has 0 fully saturated rings. The number of carbonyl (C=O) groups is 2. The molecular formula is C18H24N4O3. The van der Waals surface area contributed by atoms with E-state index >= 15 is 0 Å². The Morgan fingerprint density at radius 1 is 1.32 bits per heavy atom. The van der Waals surface area contributed by atoms with E-state index in [4.69, 9.17) is 10.4 Å². The molecule has 0 aliphatic heterocycles. The molecule has 1 aromatic carbocycles. The summed E-state index contributed by atoms with van der Waals surface area (Å²) in [4.78, 5) is 24.5. The first-order chi connectivity index (χ1) is 11.9. The van der Waals surface area contributed by atoms with Gasteiger partial charge in [0.1, 0.15) is 11.6 Å². The molecule has 1 rings (SSSR count). The minimum absolute atomic E-state index is 0.0230. The smallest absolute Gasteiger partial charge is 0.305 e. The lowest BCUT2D eigenvalue weighted by molar-refractivity contribution is -0.136. The average molecular weight is 344 g/mol. The number of nitriles is 1. The van der Waals surface area contributed by atoms with Gasteiger partial charge in [0.15, 0.2) is 0 Å². The maximum Gasteiger partial charge on any atom is 0.305 e. The van der Waals surface area contributed by atoms with E-state index in [1.54, 1.807) is 0 Å². The van der Waals surface area contributed by atoms with Gasteiger partial charge < -0.3 is 20.6 Å². The number of hydrogen-bond donors (Lipinski definition) is 3. The van der Waals surface area contributed by atoms with Crippen LogP contribution in [0.25, 0.3) is 0 Å². The maximum absolute atomic E-state index is 11.8. The first-order valence-electron chi connectivity index (χ1n) is 8.15. The molecule has 0 unspecified atom stereocenters. The van der Waals surface area contributed by atoms with Crippen molar-refractivity contribution in [1.29, 1.82) is 5.26 Å². The Bertz CT molecular complexity index is 688. The van der Waals surface area contributed by atoms with Crippen LogP contribution in [0.4, 0.5) is 11.4 Å². The summed E-state index contributed by atoms with van der Waals surface area (Å²) in [5.41, 5.74) is 2.78. The summed E-state index contributed by atoms with van der Waals surface area (Å²) in [5, 5.41) is 23.0. The van der Waals surface area contributed by atoms with Gasteiger partial charge in [-0.2, -0.15) is 5.26 Å². The molecular weight excluding hydrogens is 320 g/mol. The summed E-state index contributed by atoms with van der Waals surface area (Å²) in [6, 6.07) is 7.73. The summed E-state index contributed by atoms with van der Waals surface area (Å²) in [5.74, 6) is -1.61. The molecule has 25 heavy (non-hydrogen) atoms. The minimum Gasteiger partial charge on any atom is -0.481 e. The number of aliphatic carboxylic acids is 1. The van der Waals surface area contributed by atoms with Crippen LogP contribution in [0.2, 0.25) is 0 Å². The highest BCUT2D eigenvalue weighted by atomic mass is 16.4. The van der Waals surface area contributed by atoms with Crippen LogP contribution in [0.3, 0.4) is 0 Å². The van der Waals surface area contributed by atoms with Crippen LogP contribution in [0.15, 0.2) is 30.0 Å². The number of hydrogen-bond acceptors (Lipinski definition) is 5. The third-order valence-electron chi connectivity index (χ3n) is 3.70. The number of carbonyl (C=O) groups excluding carboxylic acids is 1. The topological polar surface area (TPSA) is 105 Å². The van der Waals surface area contributed by atoms with E-state index in [9.17, 15) is 9.59 Å². The summed E-state index contributed by atoms with van der Waals surface area (Å²) in [6.45, 7) is 7.94. The number of aryl methyl sites for hydroxylation is 1. The Morgan fingerprint density at radius 3 is 2.52 bits per heavy atom. The Hall–Kier alpha value is -3.01. The molecule has 1 aromatic rings. The van der Waals surface area contributed by atoms with Gasteiger partial charge in [-0.3, -0.25) is 9.59 Å². The van der Waals surface area contributed by atoms with Crippen LogP contribution in [-0.4, -0.2) is 36.6 Å². The monoisotopic (exact) mass is 344 g/mol. The predicted octanol–water partition coefficient (Wildman–Crippen LogP) is 2.25. The molecule has 0 saturated carbocycles. The van der Waals surface area contributed by atoms with Gasteiger partial charge in [-0.1, -0.05) is 0 Å². The van der Waals surface area contributed by atoms with Crippen LogP contribution < -0.4 is 15.5 Å². The van der Waals surface area contributed by atoms with E-state index in [-0.39, 0.29) is 18.5 Å². The molecule has 0 aliphatic carbocycles. The summed E-state index contributed by atoms with van der Waals surface area (Å²) < 4.78 is 0. The first kappa shape index (κ1) is 20.0. The number of amides is 1. The second-order valence-corrected chi connectivity index (χ2v) is 5.39. The van der Waals surface area contributed by atoms with Gasteiger partial charge in [0.05, 0.1) is 6.42 Å². The van der Waals surface area contributed by atoms with Crippen molar-refractivity contribution in [2.75, 3.05) is 29.9 Å². The van der Waals surface area contributed by atoms with Crippen LogP contribution in [0, 0.1) is 18.3 Å². The number of nitrogens with zero attached hydrogens (tertiary/aromatic N) is 2. The van der Waals surface area contributed by atoms with E-state index in [0.29, 0.717) is 0 Å². The highest BCUT2D eigenvalue weighted by Gasteiger charge is 2.10. The second kappa shape index (κ2) is 9.98. The van der Waals surface area contributed by atoms with Crippen LogP contribution >= 0.6 is 0 Å². The molecule has 0 atom stereocenters. The van der Waals surface area contributed by atoms with Crippen LogP contribution in [-0.2, 0) is 9.59 Å². The molecule has 134 valence electrons. The quantitative estimate of drug-likeness (QED) is 0.469. The van der Waals surface area contributed by atoms with Crippen molar-refractivity contribution in [1.82, 2.24) is 5.32 Å². The lowest BCUT2D eigenvalue weighted by Gasteiger charge is -2.22. The summed E-state index contributed by atoms with van der Waals surface area (Å²) in [6.07, 6.45) is 1.14. The molecule has 0 aromatic heterocycles. The zero-order valence-electron chi connectivity index (χ0n) is 14.8. The van der Waals surface area contributed by atoms with Crippen molar-refractivity contribution in [3.63, 3.8) is 0 Å². The lowest BCUT2D eigenvalue weighted by atomic mass is 10.1. The molecule has 0 radical (unpaired) electrons. The maximum atomic E-state index is 11.8. The van der Waals surface area contributed by atoms with Gasteiger partial charge in [0.2, 0.25) is 0 Å². The fourth-order valence-corrected chi connectivity index (χ4v) is 2.27. The van der Waals surface area contributed by atoms with Gasteiger partial charge in [-0.25, -0.2) is 0 Å². The molecule has 0 spiro atoms. The standard InChI is InChI=1S/C18H24N4O3/c1-4-22(5-2)15-6-7-16(13(3)10-15)21-12-14(11-19)18(25)20-9-8-17(23)24/h6-7,10,12,21H,4-5,8-9H2,1-3H3,(H,20,25)(H,23,24)/b14-12-. The third kappa shape index (κ3) is 6.18. The molecule has 3 N–H and O–H groups in total. The molecule has 0 aliphatic rings. The Kier molecular flexibility index (Phi) is 8.00. The fourth-order valence-electron chi connectivity index (χ4n) is 2.27. The highest BCUT2D eigenvalue weighted by Crippen LogP contribution is 2.22. The summed E-state index contributed by atoms with van der Waals surface area (Å²) in [7, 11) is 0. The average Bonchev–Trinajstić information content (AvgIpc) is 2.57. The Labute approximate surface area is 147 Å². The Balaban J connectivity index is 2.79. The molecule has 1 amide bonds. The number of carboxylic acids is 1.